The topological polar surface area (TPSA) is 49.0 Å². The van der Waals surface area contributed by atoms with Crippen LogP contribution in [0.2, 0.25) is 0 Å². The van der Waals surface area contributed by atoms with Crippen molar-refractivity contribution >= 4 is 0 Å². The van der Waals surface area contributed by atoms with Crippen molar-refractivity contribution < 1.29 is 5.11 Å². The lowest BCUT2D eigenvalue weighted by Crippen LogP contribution is -2.01. The van der Waals surface area contributed by atoms with Crippen molar-refractivity contribution in [2.45, 2.75) is 25.8 Å². The normalized spacial score (nSPS) is 9.85. The molecule has 3 nitrogen and oxygen atoms in total. The Balaban J connectivity index is 2.46. The van der Waals surface area contributed by atoms with Crippen LogP contribution in [0.5, 0.6) is 0 Å². The molecule has 0 aliphatic rings. The van der Waals surface area contributed by atoms with E-state index in [0.717, 1.165) is 25.1 Å². The van der Waals surface area contributed by atoms with E-state index < -0.39 is 0 Å². The molecule has 1 N–H and O–H groups in total. The molecule has 0 amide bonds. The van der Waals surface area contributed by atoms with Gasteiger partial charge in [-0.1, -0.05) is 0 Å². The number of hydrogen-bond acceptors (Lipinski definition) is 2. The fourth-order valence-electron chi connectivity index (χ4n) is 1.30. The van der Waals surface area contributed by atoms with Crippen LogP contribution in [-0.2, 0) is 13.0 Å². The minimum absolute atomic E-state index is 0.245. The van der Waals surface area contributed by atoms with Gasteiger partial charge < -0.3 is 9.67 Å². The number of nitrogens with zero attached hydrogens (tertiary/aromatic N) is 2. The largest absolute Gasteiger partial charge is 0.396 e. The zero-order valence-electron chi connectivity index (χ0n) is 7.61. The van der Waals surface area contributed by atoms with Gasteiger partial charge in [-0.15, -0.1) is 0 Å². The predicted molar refractivity (Wildman–Crippen MR) is 50.1 cm³/mol. The van der Waals surface area contributed by atoms with Crippen molar-refractivity contribution in [3.8, 4) is 6.07 Å². The highest BCUT2D eigenvalue weighted by Crippen LogP contribution is 2.04. The molecule has 70 valence electrons. The summed E-state index contributed by atoms with van der Waals surface area (Å²) < 4.78 is 2.07. The SMILES string of the molecule is N#CCc1cccn1CCCCO. The van der Waals surface area contributed by atoms with E-state index in [-0.39, 0.29) is 6.61 Å². The van der Waals surface area contributed by atoms with Crippen molar-refractivity contribution in [2.75, 3.05) is 6.61 Å². The maximum absolute atomic E-state index is 8.61. The second kappa shape index (κ2) is 5.39. The first kappa shape index (κ1) is 9.82. The first-order valence-corrected chi connectivity index (χ1v) is 4.50. The van der Waals surface area contributed by atoms with Gasteiger partial charge in [0.15, 0.2) is 0 Å². The molecule has 0 saturated heterocycles. The van der Waals surface area contributed by atoms with Crippen LogP contribution in [0, 0.1) is 11.3 Å². The van der Waals surface area contributed by atoms with Gasteiger partial charge in [0.2, 0.25) is 0 Å². The molecule has 1 heterocycles. The Hall–Kier alpha value is -1.27. The quantitative estimate of drug-likeness (QED) is 0.691. The molecule has 1 aromatic rings. The third-order valence-corrected chi connectivity index (χ3v) is 1.99. The molecular formula is C10H14N2O. The molecule has 0 bridgehead atoms. The molecule has 0 spiro atoms. The Kier molecular flexibility index (Phi) is 4.07. The highest BCUT2D eigenvalue weighted by Gasteiger charge is 1.98. The van der Waals surface area contributed by atoms with E-state index in [9.17, 15) is 0 Å². The summed E-state index contributed by atoms with van der Waals surface area (Å²) in [5, 5.41) is 17.1. The van der Waals surface area contributed by atoms with Gasteiger partial charge >= 0.3 is 0 Å². The van der Waals surface area contributed by atoms with Crippen LogP contribution in [0.4, 0.5) is 0 Å². The summed E-state index contributed by atoms with van der Waals surface area (Å²) >= 11 is 0. The molecule has 3 heteroatoms. The summed E-state index contributed by atoms with van der Waals surface area (Å²) in [5.41, 5.74) is 1.06. The van der Waals surface area contributed by atoms with Crippen LogP contribution in [-0.4, -0.2) is 16.3 Å². The van der Waals surface area contributed by atoms with Gasteiger partial charge in [-0.2, -0.15) is 5.26 Å². The average molecular weight is 178 g/mol. The molecule has 0 aromatic carbocycles. The lowest BCUT2D eigenvalue weighted by atomic mass is 10.3. The second-order valence-corrected chi connectivity index (χ2v) is 2.96. The first-order chi connectivity index (χ1) is 6.38. The molecule has 0 atom stereocenters. The van der Waals surface area contributed by atoms with Gasteiger partial charge in [-0.3, -0.25) is 0 Å². The van der Waals surface area contributed by atoms with Crippen LogP contribution >= 0.6 is 0 Å². The van der Waals surface area contributed by atoms with Crippen molar-refractivity contribution in [1.82, 2.24) is 4.57 Å². The first-order valence-electron chi connectivity index (χ1n) is 4.50. The van der Waals surface area contributed by atoms with Gasteiger partial charge in [-0.05, 0) is 25.0 Å². The van der Waals surface area contributed by atoms with Crippen LogP contribution in [0.1, 0.15) is 18.5 Å². The van der Waals surface area contributed by atoms with E-state index in [0.29, 0.717) is 6.42 Å². The Morgan fingerprint density at radius 3 is 3.00 bits per heavy atom. The lowest BCUT2D eigenvalue weighted by Gasteiger charge is -2.05. The number of aliphatic hydroxyl groups is 1. The van der Waals surface area contributed by atoms with Crippen molar-refractivity contribution in [1.29, 1.82) is 5.26 Å². The summed E-state index contributed by atoms with van der Waals surface area (Å²) in [4.78, 5) is 0. The Morgan fingerprint density at radius 1 is 1.46 bits per heavy atom. The summed E-state index contributed by atoms with van der Waals surface area (Å²) in [6.07, 6.45) is 4.23. The summed E-state index contributed by atoms with van der Waals surface area (Å²) in [5.74, 6) is 0. The number of nitriles is 1. The minimum atomic E-state index is 0.245. The Labute approximate surface area is 78.2 Å². The number of aromatic nitrogens is 1. The van der Waals surface area contributed by atoms with Gasteiger partial charge in [0.1, 0.15) is 0 Å². The van der Waals surface area contributed by atoms with E-state index in [1.54, 1.807) is 0 Å². The standard InChI is InChI=1S/C10H14N2O/c11-6-5-10-4-3-8-12(10)7-1-2-9-13/h3-4,8,13H,1-2,5,7,9H2. The van der Waals surface area contributed by atoms with E-state index >= 15 is 0 Å². The van der Waals surface area contributed by atoms with Crippen LogP contribution < -0.4 is 0 Å². The van der Waals surface area contributed by atoms with E-state index in [2.05, 4.69) is 10.6 Å². The number of hydrogen-bond donors (Lipinski definition) is 1. The smallest absolute Gasteiger partial charge is 0.0754 e. The zero-order chi connectivity index (χ0) is 9.52. The van der Waals surface area contributed by atoms with E-state index in [1.165, 1.54) is 0 Å². The number of aryl methyl sites for hydroxylation is 1. The third kappa shape index (κ3) is 2.92. The fraction of sp³-hybridized carbons (Fsp3) is 0.500. The molecular weight excluding hydrogens is 164 g/mol. The minimum Gasteiger partial charge on any atom is -0.396 e. The monoisotopic (exact) mass is 178 g/mol. The van der Waals surface area contributed by atoms with Gasteiger partial charge in [0, 0.05) is 25.0 Å². The molecule has 1 aromatic heterocycles. The summed E-state index contributed by atoms with van der Waals surface area (Å²) in [6.45, 7) is 1.14. The fourth-order valence-corrected chi connectivity index (χ4v) is 1.30. The molecule has 1 rings (SSSR count). The Bertz CT molecular complexity index is 285. The molecule has 0 fully saturated rings. The highest BCUT2D eigenvalue weighted by molar-refractivity contribution is 5.11. The van der Waals surface area contributed by atoms with Gasteiger partial charge in [-0.25, -0.2) is 0 Å². The molecule has 0 aliphatic heterocycles. The predicted octanol–water partition coefficient (Wildman–Crippen LogP) is 1.33. The van der Waals surface area contributed by atoms with E-state index in [4.69, 9.17) is 10.4 Å². The van der Waals surface area contributed by atoms with Crippen molar-refractivity contribution in [2.24, 2.45) is 0 Å². The van der Waals surface area contributed by atoms with E-state index in [1.807, 2.05) is 18.3 Å². The van der Waals surface area contributed by atoms with Gasteiger partial charge in [0.05, 0.1) is 12.5 Å². The maximum Gasteiger partial charge on any atom is 0.0754 e. The summed E-state index contributed by atoms with van der Waals surface area (Å²) in [6, 6.07) is 6.04. The van der Waals surface area contributed by atoms with Crippen molar-refractivity contribution in [3.63, 3.8) is 0 Å². The Morgan fingerprint density at radius 2 is 2.31 bits per heavy atom. The summed E-state index contributed by atoms with van der Waals surface area (Å²) in [7, 11) is 0. The highest BCUT2D eigenvalue weighted by atomic mass is 16.2. The molecule has 0 aliphatic carbocycles. The van der Waals surface area contributed by atoms with Crippen LogP contribution in [0.25, 0.3) is 0 Å². The van der Waals surface area contributed by atoms with Crippen LogP contribution in [0.3, 0.4) is 0 Å². The zero-order valence-corrected chi connectivity index (χ0v) is 7.61. The number of aliphatic hydroxyl groups excluding tert-OH is 1. The van der Waals surface area contributed by atoms with Gasteiger partial charge in [0.25, 0.3) is 0 Å². The number of rotatable bonds is 5. The lowest BCUT2D eigenvalue weighted by molar-refractivity contribution is 0.281. The maximum atomic E-state index is 8.61. The third-order valence-electron chi connectivity index (χ3n) is 1.99. The van der Waals surface area contributed by atoms with Crippen LogP contribution in [0.15, 0.2) is 18.3 Å². The number of unbranched alkanes of at least 4 members (excludes halogenated alkanes) is 1. The molecule has 0 saturated carbocycles. The molecule has 13 heavy (non-hydrogen) atoms. The second-order valence-electron chi connectivity index (χ2n) is 2.96. The molecule has 0 unspecified atom stereocenters. The molecule has 0 radical (unpaired) electrons. The average Bonchev–Trinajstić information content (AvgIpc) is 2.54. The van der Waals surface area contributed by atoms with Crippen molar-refractivity contribution in [3.05, 3.63) is 24.0 Å².